The van der Waals surface area contributed by atoms with E-state index in [9.17, 15) is 14.4 Å². The summed E-state index contributed by atoms with van der Waals surface area (Å²) < 4.78 is 0. The molecular weight excluding hydrogens is 274 g/mol. The molecule has 0 radical (unpaired) electrons. The van der Waals surface area contributed by atoms with Crippen LogP contribution >= 0.6 is 0 Å². The minimum atomic E-state index is -0.912. The van der Waals surface area contributed by atoms with Crippen molar-refractivity contribution < 1.29 is 19.5 Å². The van der Waals surface area contributed by atoms with E-state index in [1.807, 2.05) is 0 Å². The van der Waals surface area contributed by atoms with E-state index in [0.717, 1.165) is 38.8 Å². The van der Waals surface area contributed by atoms with Crippen molar-refractivity contribution in [1.82, 2.24) is 15.5 Å². The summed E-state index contributed by atoms with van der Waals surface area (Å²) >= 11 is 0. The summed E-state index contributed by atoms with van der Waals surface area (Å²) in [5.41, 5.74) is -0.660. The van der Waals surface area contributed by atoms with Crippen LogP contribution in [0.5, 0.6) is 0 Å². The maximum Gasteiger partial charge on any atom is 0.315 e. The van der Waals surface area contributed by atoms with E-state index in [1.54, 1.807) is 4.90 Å². The summed E-state index contributed by atoms with van der Waals surface area (Å²) in [7, 11) is 0. The fourth-order valence-corrected chi connectivity index (χ4v) is 3.21. The number of likely N-dealkylation sites (tertiary alicyclic amines) is 1. The molecule has 7 heteroatoms. The normalized spacial score (nSPS) is 20.3. The van der Waals surface area contributed by atoms with Crippen LogP contribution in [0.2, 0.25) is 0 Å². The number of nitrogens with zero attached hydrogens (tertiary/aromatic N) is 1. The minimum Gasteiger partial charge on any atom is -0.481 e. The zero-order valence-electron chi connectivity index (χ0n) is 12.2. The van der Waals surface area contributed by atoms with Crippen LogP contribution in [-0.4, -0.2) is 53.1 Å². The number of carbonyl (C=O) groups excluding carboxylic acids is 2. The highest BCUT2D eigenvalue weighted by atomic mass is 16.4. The van der Waals surface area contributed by atoms with E-state index in [1.165, 1.54) is 0 Å². The topological polar surface area (TPSA) is 98.7 Å². The average molecular weight is 297 g/mol. The quantitative estimate of drug-likeness (QED) is 0.695. The summed E-state index contributed by atoms with van der Waals surface area (Å²) in [6.07, 6.45) is 5.14. The van der Waals surface area contributed by atoms with Gasteiger partial charge in [0.05, 0.1) is 18.5 Å². The molecule has 0 unspecified atom stereocenters. The zero-order valence-corrected chi connectivity index (χ0v) is 12.2. The fourth-order valence-electron chi connectivity index (χ4n) is 3.21. The lowest BCUT2D eigenvalue weighted by molar-refractivity contribution is -0.138. The number of carbonyl (C=O) groups is 3. The van der Waals surface area contributed by atoms with Crippen molar-refractivity contribution in [2.24, 2.45) is 0 Å². The van der Waals surface area contributed by atoms with Gasteiger partial charge in [-0.05, 0) is 25.7 Å². The van der Waals surface area contributed by atoms with Crippen molar-refractivity contribution in [1.29, 1.82) is 0 Å². The molecule has 1 heterocycles. The Bertz CT molecular complexity index is 412. The Morgan fingerprint density at radius 1 is 1.05 bits per heavy atom. The summed E-state index contributed by atoms with van der Waals surface area (Å²) in [6.45, 7) is 1.48. The summed E-state index contributed by atoms with van der Waals surface area (Å²) in [5, 5.41) is 14.3. The maximum absolute atomic E-state index is 11.9. The molecule has 1 saturated carbocycles. The van der Waals surface area contributed by atoms with Crippen LogP contribution in [-0.2, 0) is 9.59 Å². The smallest absolute Gasteiger partial charge is 0.315 e. The molecule has 2 fully saturated rings. The van der Waals surface area contributed by atoms with Gasteiger partial charge in [-0.15, -0.1) is 0 Å². The van der Waals surface area contributed by atoms with Gasteiger partial charge in [0, 0.05) is 13.1 Å². The first-order valence-electron chi connectivity index (χ1n) is 7.56. The van der Waals surface area contributed by atoms with Gasteiger partial charge in [0.2, 0.25) is 5.91 Å². The van der Waals surface area contributed by atoms with Crippen molar-refractivity contribution in [3.63, 3.8) is 0 Å². The summed E-state index contributed by atoms with van der Waals surface area (Å²) in [6, 6.07) is -0.453. The van der Waals surface area contributed by atoms with Crippen molar-refractivity contribution in [2.45, 2.75) is 50.5 Å². The molecule has 2 rings (SSSR count). The van der Waals surface area contributed by atoms with Crippen LogP contribution in [0.3, 0.4) is 0 Å². The number of nitrogens with one attached hydrogen (secondary N) is 2. The third-order valence-corrected chi connectivity index (χ3v) is 4.29. The number of carboxylic acid groups (broad SMARTS) is 1. The van der Waals surface area contributed by atoms with Gasteiger partial charge in [-0.1, -0.05) is 12.8 Å². The number of urea groups is 1. The third kappa shape index (κ3) is 4.34. The molecule has 3 N–H and O–H groups in total. The lowest BCUT2D eigenvalue weighted by Gasteiger charge is -2.28. The average Bonchev–Trinajstić information content (AvgIpc) is 3.06. The molecule has 0 bridgehead atoms. The number of carboxylic acids is 1. The van der Waals surface area contributed by atoms with Crippen molar-refractivity contribution in [3.8, 4) is 0 Å². The predicted molar refractivity (Wildman–Crippen MR) is 75.8 cm³/mol. The second kappa shape index (κ2) is 6.78. The second-order valence-corrected chi connectivity index (χ2v) is 5.95. The van der Waals surface area contributed by atoms with E-state index in [-0.39, 0.29) is 18.9 Å². The largest absolute Gasteiger partial charge is 0.481 e. The Kier molecular flexibility index (Phi) is 5.03. The standard InChI is InChI=1S/C14H23N3O4/c18-11(17-7-3-4-8-17)10-15-13(21)16-14(9-12(19)20)5-1-2-6-14/h1-10H2,(H,19,20)(H2,15,16,21). The minimum absolute atomic E-state index is 0.0328. The highest BCUT2D eigenvalue weighted by molar-refractivity contribution is 5.84. The van der Waals surface area contributed by atoms with Gasteiger partial charge in [-0.3, -0.25) is 9.59 Å². The van der Waals surface area contributed by atoms with Crippen LogP contribution in [0.15, 0.2) is 0 Å². The number of rotatable bonds is 5. The van der Waals surface area contributed by atoms with E-state index in [4.69, 9.17) is 5.11 Å². The first-order chi connectivity index (χ1) is 10.0. The van der Waals surface area contributed by atoms with Gasteiger partial charge in [0.1, 0.15) is 0 Å². The van der Waals surface area contributed by atoms with Crippen LogP contribution in [0.4, 0.5) is 4.79 Å². The van der Waals surface area contributed by atoms with E-state index >= 15 is 0 Å². The van der Waals surface area contributed by atoms with Crippen molar-refractivity contribution >= 4 is 17.9 Å². The monoisotopic (exact) mass is 297 g/mol. The van der Waals surface area contributed by atoms with Gasteiger partial charge in [-0.25, -0.2) is 4.79 Å². The van der Waals surface area contributed by atoms with Crippen LogP contribution < -0.4 is 10.6 Å². The number of amides is 3. The SMILES string of the molecule is O=C(O)CC1(NC(=O)NCC(=O)N2CCCC2)CCCC1. The Labute approximate surface area is 124 Å². The van der Waals surface area contributed by atoms with E-state index in [0.29, 0.717) is 12.8 Å². The highest BCUT2D eigenvalue weighted by Gasteiger charge is 2.37. The summed E-state index contributed by atoms with van der Waals surface area (Å²) in [5.74, 6) is -0.994. The van der Waals surface area contributed by atoms with E-state index < -0.39 is 17.5 Å². The Balaban J connectivity index is 1.79. The lowest BCUT2D eigenvalue weighted by atomic mass is 9.93. The lowest BCUT2D eigenvalue weighted by Crippen LogP contribution is -2.53. The molecule has 0 aromatic carbocycles. The zero-order chi connectivity index (χ0) is 15.3. The first kappa shape index (κ1) is 15.6. The van der Waals surface area contributed by atoms with Gasteiger partial charge in [0.25, 0.3) is 0 Å². The molecule has 0 atom stereocenters. The molecule has 2 aliphatic rings. The molecule has 1 aliphatic carbocycles. The van der Waals surface area contributed by atoms with Crippen molar-refractivity contribution in [2.75, 3.05) is 19.6 Å². The second-order valence-electron chi connectivity index (χ2n) is 5.95. The Hall–Kier alpha value is -1.79. The third-order valence-electron chi connectivity index (χ3n) is 4.29. The molecule has 0 aromatic heterocycles. The molecule has 3 amide bonds. The molecule has 7 nitrogen and oxygen atoms in total. The molecule has 1 aliphatic heterocycles. The molecule has 0 aromatic rings. The van der Waals surface area contributed by atoms with Crippen LogP contribution in [0.25, 0.3) is 0 Å². The van der Waals surface area contributed by atoms with E-state index in [2.05, 4.69) is 10.6 Å². The van der Waals surface area contributed by atoms with Crippen LogP contribution in [0, 0.1) is 0 Å². The Morgan fingerprint density at radius 2 is 1.67 bits per heavy atom. The van der Waals surface area contributed by atoms with Gasteiger partial charge >= 0.3 is 12.0 Å². The molecule has 21 heavy (non-hydrogen) atoms. The summed E-state index contributed by atoms with van der Waals surface area (Å²) in [4.78, 5) is 36.4. The molecular formula is C14H23N3O4. The van der Waals surface area contributed by atoms with Crippen LogP contribution in [0.1, 0.15) is 44.9 Å². The molecule has 0 spiro atoms. The number of aliphatic carboxylic acids is 1. The number of hydrogen-bond acceptors (Lipinski definition) is 3. The fraction of sp³-hybridized carbons (Fsp3) is 0.786. The highest BCUT2D eigenvalue weighted by Crippen LogP contribution is 2.32. The molecule has 1 saturated heterocycles. The van der Waals surface area contributed by atoms with Gasteiger partial charge < -0.3 is 20.6 Å². The predicted octanol–water partition coefficient (Wildman–Crippen LogP) is 0.695. The first-order valence-corrected chi connectivity index (χ1v) is 7.56. The van der Waals surface area contributed by atoms with Crippen molar-refractivity contribution in [3.05, 3.63) is 0 Å². The maximum atomic E-state index is 11.9. The molecule has 118 valence electrons. The van der Waals surface area contributed by atoms with Gasteiger partial charge in [-0.2, -0.15) is 0 Å². The Morgan fingerprint density at radius 3 is 2.24 bits per heavy atom. The number of hydrogen-bond donors (Lipinski definition) is 3. The van der Waals surface area contributed by atoms with Gasteiger partial charge in [0.15, 0.2) is 0 Å².